The van der Waals surface area contributed by atoms with Crippen LogP contribution in [0.25, 0.3) is 6.08 Å². The molecule has 0 saturated heterocycles. The van der Waals surface area contributed by atoms with Gasteiger partial charge < -0.3 is 4.74 Å². The molecule has 4 heteroatoms. The lowest BCUT2D eigenvalue weighted by molar-refractivity contribution is -0.0498. The first-order valence-corrected chi connectivity index (χ1v) is 6.51. The van der Waals surface area contributed by atoms with E-state index in [1.807, 2.05) is 24.3 Å². The van der Waals surface area contributed by atoms with Gasteiger partial charge in [-0.05, 0) is 29.3 Å². The number of hydrogen-bond acceptors (Lipinski definition) is 2. The second kappa shape index (κ2) is 5.48. The minimum absolute atomic E-state index is 0.0264. The van der Waals surface area contributed by atoms with E-state index in [2.05, 4.69) is 4.74 Å². The molecule has 1 aliphatic carbocycles. The molecule has 0 heterocycles. The van der Waals surface area contributed by atoms with Gasteiger partial charge in [-0.2, -0.15) is 8.78 Å². The van der Waals surface area contributed by atoms with Gasteiger partial charge in [0, 0.05) is 17.6 Å². The fourth-order valence-corrected chi connectivity index (χ4v) is 2.42. The van der Waals surface area contributed by atoms with Gasteiger partial charge in [-0.25, -0.2) is 0 Å². The van der Waals surface area contributed by atoms with Gasteiger partial charge >= 0.3 is 6.61 Å². The van der Waals surface area contributed by atoms with E-state index >= 15 is 0 Å². The number of alkyl halides is 2. The van der Waals surface area contributed by atoms with Gasteiger partial charge in [0.1, 0.15) is 5.75 Å². The molecule has 0 fully saturated rings. The average molecular weight is 286 g/mol. The number of Topliss-reactive ketones (excluding diaryl/α,β-unsaturated/α-hetero) is 1. The summed E-state index contributed by atoms with van der Waals surface area (Å²) in [6, 6.07) is 13.7. The van der Waals surface area contributed by atoms with Crippen LogP contribution in [0.2, 0.25) is 0 Å². The molecule has 0 saturated carbocycles. The van der Waals surface area contributed by atoms with Crippen molar-refractivity contribution in [2.24, 2.45) is 0 Å². The van der Waals surface area contributed by atoms with Gasteiger partial charge in [0.15, 0.2) is 5.78 Å². The number of rotatable bonds is 3. The number of halogens is 2. The van der Waals surface area contributed by atoms with Gasteiger partial charge in [-0.15, -0.1) is 0 Å². The minimum atomic E-state index is -2.83. The highest BCUT2D eigenvalue weighted by Gasteiger charge is 2.23. The molecule has 0 bridgehead atoms. The monoisotopic (exact) mass is 286 g/mol. The number of fused-ring (bicyclic) bond motifs is 1. The molecule has 0 spiro atoms. The highest BCUT2D eigenvalue weighted by molar-refractivity contribution is 6.15. The molecule has 2 aromatic carbocycles. The summed E-state index contributed by atoms with van der Waals surface area (Å²) >= 11 is 0. The molecule has 0 atom stereocenters. The van der Waals surface area contributed by atoms with Crippen molar-refractivity contribution in [3.63, 3.8) is 0 Å². The number of carbonyl (C=O) groups excluding carboxylic acids is 1. The lowest BCUT2D eigenvalue weighted by Gasteiger charge is -2.04. The third kappa shape index (κ3) is 2.84. The van der Waals surface area contributed by atoms with Crippen LogP contribution in [0.3, 0.4) is 0 Å². The standard InChI is InChI=1S/C17H12F2O2/c18-17(19)21-14-7-5-11(6-8-14)9-13-10-12-3-1-2-4-15(12)16(13)20/h1-9,17H,10H2/b13-9-. The van der Waals surface area contributed by atoms with E-state index in [4.69, 9.17) is 0 Å². The Balaban J connectivity index is 1.82. The maximum atomic E-state index is 12.2. The topological polar surface area (TPSA) is 26.3 Å². The summed E-state index contributed by atoms with van der Waals surface area (Å²) in [4.78, 5) is 12.2. The third-order valence-corrected chi connectivity index (χ3v) is 3.38. The Kier molecular flexibility index (Phi) is 3.52. The molecule has 1 aliphatic rings. The molecule has 0 radical (unpaired) electrons. The summed E-state index contributed by atoms with van der Waals surface area (Å²) in [5.41, 5.74) is 3.25. The lowest BCUT2D eigenvalue weighted by atomic mass is 10.1. The molecule has 0 aliphatic heterocycles. The fraction of sp³-hybridized carbons (Fsp3) is 0.118. The smallest absolute Gasteiger partial charge is 0.387 e. The molecule has 0 unspecified atom stereocenters. The molecule has 21 heavy (non-hydrogen) atoms. The Hall–Kier alpha value is -2.49. The summed E-state index contributed by atoms with van der Waals surface area (Å²) in [5, 5.41) is 0. The quantitative estimate of drug-likeness (QED) is 0.794. The minimum Gasteiger partial charge on any atom is -0.435 e. The number of ether oxygens (including phenoxy) is 1. The van der Waals surface area contributed by atoms with Crippen LogP contribution in [0.5, 0.6) is 5.75 Å². The van der Waals surface area contributed by atoms with Crippen molar-refractivity contribution in [3.05, 3.63) is 70.8 Å². The van der Waals surface area contributed by atoms with E-state index in [0.717, 1.165) is 16.7 Å². The molecule has 0 amide bonds. The Morgan fingerprint density at radius 1 is 1.05 bits per heavy atom. The Labute approximate surface area is 120 Å². The van der Waals surface area contributed by atoms with E-state index in [1.165, 1.54) is 12.1 Å². The summed E-state index contributed by atoms with van der Waals surface area (Å²) in [5.74, 6) is 0.131. The van der Waals surface area contributed by atoms with Gasteiger partial charge in [-0.3, -0.25) is 4.79 Å². The second-order valence-electron chi connectivity index (χ2n) is 4.78. The molecule has 0 N–H and O–H groups in total. The molecular formula is C17H12F2O2. The summed E-state index contributed by atoms with van der Waals surface area (Å²) in [7, 11) is 0. The van der Waals surface area contributed by atoms with Crippen LogP contribution in [0.15, 0.2) is 54.1 Å². The van der Waals surface area contributed by atoms with Crippen molar-refractivity contribution in [1.82, 2.24) is 0 Å². The van der Waals surface area contributed by atoms with E-state index in [1.54, 1.807) is 18.2 Å². The number of hydrogen-bond donors (Lipinski definition) is 0. The first-order valence-electron chi connectivity index (χ1n) is 6.51. The third-order valence-electron chi connectivity index (χ3n) is 3.38. The van der Waals surface area contributed by atoms with Crippen LogP contribution < -0.4 is 4.74 Å². The lowest BCUT2D eigenvalue weighted by Crippen LogP contribution is -2.01. The van der Waals surface area contributed by atoms with Crippen LogP contribution in [0, 0.1) is 0 Å². The van der Waals surface area contributed by atoms with Crippen LogP contribution in [0.4, 0.5) is 8.78 Å². The first kappa shape index (κ1) is 13.5. The molecule has 0 aromatic heterocycles. The predicted molar refractivity (Wildman–Crippen MR) is 75.5 cm³/mol. The number of benzene rings is 2. The summed E-state index contributed by atoms with van der Waals surface area (Å²) in [6.07, 6.45) is 2.39. The summed E-state index contributed by atoms with van der Waals surface area (Å²) < 4.78 is 28.4. The van der Waals surface area contributed by atoms with Crippen molar-refractivity contribution in [3.8, 4) is 5.75 Å². The predicted octanol–water partition coefficient (Wildman–Crippen LogP) is 4.11. The van der Waals surface area contributed by atoms with Gasteiger partial charge in [0.25, 0.3) is 0 Å². The van der Waals surface area contributed by atoms with Crippen LogP contribution >= 0.6 is 0 Å². The average Bonchev–Trinajstić information content (AvgIpc) is 2.78. The van der Waals surface area contributed by atoms with Crippen molar-refractivity contribution < 1.29 is 18.3 Å². The molecule has 3 rings (SSSR count). The van der Waals surface area contributed by atoms with E-state index in [0.29, 0.717) is 12.0 Å². The number of ketones is 1. The number of allylic oxidation sites excluding steroid dienone is 1. The van der Waals surface area contributed by atoms with Crippen molar-refractivity contribution in [2.75, 3.05) is 0 Å². The van der Waals surface area contributed by atoms with Crippen molar-refractivity contribution in [1.29, 1.82) is 0 Å². The second-order valence-corrected chi connectivity index (χ2v) is 4.78. The zero-order valence-corrected chi connectivity index (χ0v) is 11.1. The zero-order chi connectivity index (χ0) is 14.8. The zero-order valence-electron chi connectivity index (χ0n) is 11.1. The normalized spacial score (nSPS) is 15.6. The van der Waals surface area contributed by atoms with Crippen molar-refractivity contribution in [2.45, 2.75) is 13.0 Å². The van der Waals surface area contributed by atoms with Crippen LogP contribution in [-0.4, -0.2) is 12.4 Å². The summed E-state index contributed by atoms with van der Waals surface area (Å²) in [6.45, 7) is -2.83. The highest BCUT2D eigenvalue weighted by Crippen LogP contribution is 2.27. The largest absolute Gasteiger partial charge is 0.435 e. The molecular weight excluding hydrogens is 274 g/mol. The van der Waals surface area contributed by atoms with Crippen molar-refractivity contribution >= 4 is 11.9 Å². The molecule has 106 valence electrons. The fourth-order valence-electron chi connectivity index (χ4n) is 2.42. The highest BCUT2D eigenvalue weighted by atomic mass is 19.3. The Morgan fingerprint density at radius 3 is 2.43 bits per heavy atom. The SMILES string of the molecule is O=C1/C(=C\c2ccc(OC(F)F)cc2)Cc2ccccc21. The maximum Gasteiger partial charge on any atom is 0.387 e. The van der Waals surface area contributed by atoms with E-state index in [9.17, 15) is 13.6 Å². The van der Waals surface area contributed by atoms with Gasteiger partial charge in [-0.1, -0.05) is 36.4 Å². The maximum absolute atomic E-state index is 12.2. The molecule has 2 aromatic rings. The Bertz CT molecular complexity index is 703. The first-order chi connectivity index (χ1) is 10.1. The van der Waals surface area contributed by atoms with Crippen LogP contribution in [-0.2, 0) is 6.42 Å². The Morgan fingerprint density at radius 2 is 1.76 bits per heavy atom. The van der Waals surface area contributed by atoms with E-state index < -0.39 is 6.61 Å². The van der Waals surface area contributed by atoms with Gasteiger partial charge in [0.05, 0.1) is 0 Å². The van der Waals surface area contributed by atoms with E-state index in [-0.39, 0.29) is 11.5 Å². The molecule has 2 nitrogen and oxygen atoms in total. The van der Waals surface area contributed by atoms with Crippen LogP contribution in [0.1, 0.15) is 21.5 Å². The number of carbonyl (C=O) groups is 1. The van der Waals surface area contributed by atoms with Gasteiger partial charge in [0.2, 0.25) is 0 Å².